The van der Waals surface area contributed by atoms with E-state index in [1.54, 1.807) is 17.0 Å². The summed E-state index contributed by atoms with van der Waals surface area (Å²) < 4.78 is 23.9. The standard InChI is InChI=1S/C53H53ClN10O6/c1-32(30-69-46-25-34(24-45(67-3)49(46)68-4)48(65)42-27-57-50(58-42)39-26-56-41-15-6-5-13-37(39)41)52(66)64-23-22-63(28-35(64)17-19-55)51-38-18-21-62(44-16-8-11-33-10-7-14-40(54)47(33)44)29-43(38)59-53(60-51)70-31-36-12-9-20-61(36)2/h5-8,10-11,13-16,24-27,35-36,56H,1,9,12,17-18,20-23,28-31H2,2-4H3,(H,57,58)/t35-,36-/m0/s1. The molecular formula is C53H53ClN10O6. The zero-order chi connectivity index (χ0) is 48.5. The van der Waals surface area contributed by atoms with Crippen LogP contribution in [0.15, 0.2) is 97.3 Å². The summed E-state index contributed by atoms with van der Waals surface area (Å²) in [6, 6.07) is 25.6. The van der Waals surface area contributed by atoms with Crippen LogP contribution in [0.25, 0.3) is 33.1 Å². The number of fused-ring (bicyclic) bond motifs is 3. The van der Waals surface area contributed by atoms with Gasteiger partial charge < -0.3 is 48.5 Å². The first-order chi connectivity index (χ1) is 34.1. The number of halogens is 1. The average Bonchev–Trinajstić information content (AvgIpc) is 4.16. The molecule has 0 bridgehead atoms. The summed E-state index contributed by atoms with van der Waals surface area (Å²) >= 11 is 6.80. The van der Waals surface area contributed by atoms with Gasteiger partial charge in [0.15, 0.2) is 11.5 Å². The molecule has 2 N–H and O–H groups in total. The average molecular weight is 962 g/mol. The number of H-pyrrole nitrogens is 2. The molecule has 2 atom stereocenters. The number of hydrogen-bond acceptors (Lipinski definition) is 13. The van der Waals surface area contributed by atoms with Crippen molar-refractivity contribution < 1.29 is 28.5 Å². The number of benzene rings is 4. The van der Waals surface area contributed by atoms with Gasteiger partial charge in [-0.3, -0.25) is 9.59 Å². The molecule has 0 spiro atoms. The Morgan fingerprint density at radius 1 is 0.943 bits per heavy atom. The lowest BCUT2D eigenvalue weighted by Gasteiger charge is -2.42. The molecule has 10 rings (SSSR count). The third-order valence-corrected chi connectivity index (χ3v) is 14.0. The summed E-state index contributed by atoms with van der Waals surface area (Å²) in [6.07, 6.45) is 6.25. The van der Waals surface area contributed by atoms with Crippen LogP contribution >= 0.6 is 11.6 Å². The molecule has 3 aromatic heterocycles. The van der Waals surface area contributed by atoms with Crippen LogP contribution in [0.2, 0.25) is 5.02 Å². The molecule has 16 nitrogen and oxygen atoms in total. The first kappa shape index (κ1) is 46.1. The zero-order valence-corrected chi connectivity index (χ0v) is 40.1. The van der Waals surface area contributed by atoms with E-state index in [4.69, 9.17) is 40.5 Å². The second-order valence-electron chi connectivity index (χ2n) is 17.9. The number of imidazole rings is 1. The van der Waals surface area contributed by atoms with Gasteiger partial charge in [-0.25, -0.2) is 4.98 Å². The van der Waals surface area contributed by atoms with Gasteiger partial charge in [-0.1, -0.05) is 60.6 Å². The van der Waals surface area contributed by atoms with Crippen LogP contribution in [0.5, 0.6) is 23.3 Å². The summed E-state index contributed by atoms with van der Waals surface area (Å²) in [5.74, 6) is 1.28. The quantitative estimate of drug-likeness (QED) is 0.0747. The van der Waals surface area contributed by atoms with Gasteiger partial charge in [-0.05, 0) is 68.6 Å². The second kappa shape index (κ2) is 19.8. The van der Waals surface area contributed by atoms with Crippen LogP contribution in [0, 0.1) is 11.3 Å². The molecule has 2 fully saturated rings. The molecule has 0 unspecified atom stereocenters. The van der Waals surface area contributed by atoms with E-state index in [0.717, 1.165) is 69.4 Å². The number of aromatic amines is 2. The van der Waals surface area contributed by atoms with E-state index in [1.807, 2.05) is 42.6 Å². The van der Waals surface area contributed by atoms with E-state index < -0.39 is 6.04 Å². The number of nitrogens with one attached hydrogen (secondary N) is 2. The SMILES string of the molecule is C=C(COc1cc(C(=O)c2cnc(-c3c[nH]c4ccccc34)[nH]2)cc(OC)c1OC)C(=O)N1CCN(c2nc(OC[C@@H]3CCCN3C)nc3c2CCN(c2cccc4cccc(Cl)c24)C3)C[C@@H]1CC#N. The molecule has 17 heteroatoms. The molecule has 358 valence electrons. The predicted molar refractivity (Wildman–Crippen MR) is 268 cm³/mol. The Morgan fingerprint density at radius 2 is 1.77 bits per heavy atom. The Kier molecular flexibility index (Phi) is 13.0. The Balaban J connectivity index is 0.862. The Labute approximate surface area is 410 Å². The third-order valence-electron chi connectivity index (χ3n) is 13.7. The lowest BCUT2D eigenvalue weighted by atomic mass is 10.0. The largest absolute Gasteiger partial charge is 0.493 e. The van der Waals surface area contributed by atoms with E-state index in [-0.39, 0.29) is 64.8 Å². The van der Waals surface area contributed by atoms with Crippen LogP contribution in [0.1, 0.15) is 46.6 Å². The number of anilines is 2. The highest BCUT2D eigenvalue weighted by Gasteiger charge is 2.35. The molecule has 0 aliphatic carbocycles. The first-order valence-electron chi connectivity index (χ1n) is 23.4. The first-order valence-corrected chi connectivity index (χ1v) is 23.8. The maximum absolute atomic E-state index is 14.3. The van der Waals surface area contributed by atoms with Gasteiger partial charge in [0.2, 0.25) is 11.5 Å². The van der Waals surface area contributed by atoms with Gasteiger partial charge in [0.05, 0.1) is 56.2 Å². The number of hydrogen-bond donors (Lipinski definition) is 2. The van der Waals surface area contributed by atoms with Crippen LogP contribution in [-0.4, -0.2) is 126 Å². The van der Waals surface area contributed by atoms with E-state index in [2.05, 4.69) is 73.6 Å². The summed E-state index contributed by atoms with van der Waals surface area (Å²) in [6.45, 7) is 7.75. The molecule has 3 aliphatic rings. The number of carbonyl (C=O) groups excluding carboxylic acids is 2. The van der Waals surface area contributed by atoms with Gasteiger partial charge in [0.1, 0.15) is 30.5 Å². The number of amides is 1. The topological polar surface area (TPSA) is 178 Å². The van der Waals surface area contributed by atoms with Crippen LogP contribution in [0.4, 0.5) is 11.5 Å². The second-order valence-corrected chi connectivity index (χ2v) is 18.3. The van der Waals surface area contributed by atoms with Crippen molar-refractivity contribution in [1.82, 2.24) is 34.7 Å². The van der Waals surface area contributed by atoms with E-state index >= 15 is 0 Å². The Morgan fingerprint density at radius 3 is 2.57 bits per heavy atom. The van der Waals surface area contributed by atoms with Crippen molar-refractivity contribution in [2.45, 2.75) is 44.3 Å². The molecule has 70 heavy (non-hydrogen) atoms. The molecule has 6 heterocycles. The van der Waals surface area contributed by atoms with E-state index in [1.165, 1.54) is 20.4 Å². The molecule has 7 aromatic rings. The smallest absolute Gasteiger partial charge is 0.318 e. The number of ether oxygens (including phenoxy) is 4. The summed E-state index contributed by atoms with van der Waals surface area (Å²) in [7, 11) is 5.05. The number of rotatable bonds is 15. The number of likely N-dealkylation sites (N-methyl/N-ethyl adjacent to an activating group) is 1. The van der Waals surface area contributed by atoms with Gasteiger partial charge in [-0.2, -0.15) is 15.2 Å². The fourth-order valence-electron chi connectivity index (χ4n) is 10.0. The van der Waals surface area contributed by atoms with Crippen molar-refractivity contribution in [3.05, 3.63) is 125 Å². The lowest BCUT2D eigenvalue weighted by Crippen LogP contribution is -2.56. The highest BCUT2D eigenvalue weighted by atomic mass is 35.5. The number of carbonyl (C=O) groups is 2. The van der Waals surface area contributed by atoms with Crippen molar-refractivity contribution in [3.63, 3.8) is 0 Å². The van der Waals surface area contributed by atoms with Gasteiger partial charge in [0.25, 0.3) is 5.91 Å². The third kappa shape index (κ3) is 8.94. The fourth-order valence-corrected chi connectivity index (χ4v) is 10.3. The molecule has 0 radical (unpaired) electrons. The van der Waals surface area contributed by atoms with Crippen LogP contribution in [-0.2, 0) is 17.8 Å². The number of likely N-dealkylation sites (tertiary alicyclic amines) is 1. The van der Waals surface area contributed by atoms with Crippen LogP contribution < -0.4 is 28.7 Å². The number of piperazine rings is 1. The minimum Gasteiger partial charge on any atom is -0.493 e. The zero-order valence-electron chi connectivity index (χ0n) is 39.3. The van der Waals surface area contributed by atoms with E-state index in [9.17, 15) is 14.9 Å². The highest BCUT2D eigenvalue weighted by Crippen LogP contribution is 2.41. The molecule has 3 aliphatic heterocycles. The summed E-state index contributed by atoms with van der Waals surface area (Å²) in [4.78, 5) is 57.8. The minimum atomic E-state index is -0.484. The number of aromatic nitrogens is 5. The molecular weight excluding hydrogens is 908 g/mol. The normalized spacial score (nSPS) is 17.1. The molecule has 2 saturated heterocycles. The van der Waals surface area contributed by atoms with Crippen molar-refractivity contribution in [3.8, 4) is 40.7 Å². The van der Waals surface area contributed by atoms with Crippen molar-refractivity contribution in [2.24, 2.45) is 0 Å². The molecule has 0 saturated carbocycles. The minimum absolute atomic E-state index is 0.0848. The number of para-hydroxylation sites is 1. The van der Waals surface area contributed by atoms with Crippen molar-refractivity contribution in [2.75, 3.05) is 77.0 Å². The maximum atomic E-state index is 14.3. The van der Waals surface area contributed by atoms with Gasteiger partial charge in [0, 0.05) is 82.7 Å². The maximum Gasteiger partial charge on any atom is 0.318 e. The van der Waals surface area contributed by atoms with Crippen molar-refractivity contribution >= 4 is 56.5 Å². The lowest BCUT2D eigenvalue weighted by molar-refractivity contribution is -0.130. The summed E-state index contributed by atoms with van der Waals surface area (Å²) in [5, 5.41) is 13.8. The number of ketones is 1. The molecule has 4 aromatic carbocycles. The fraction of sp³-hybridized carbons (Fsp3) is 0.321. The van der Waals surface area contributed by atoms with Crippen LogP contribution in [0.3, 0.4) is 0 Å². The molecule has 1 amide bonds. The van der Waals surface area contributed by atoms with E-state index in [0.29, 0.717) is 62.6 Å². The Hall–Kier alpha value is -7.61. The number of nitrogens with zero attached hydrogens (tertiary/aromatic N) is 8. The number of nitriles is 1. The van der Waals surface area contributed by atoms with Gasteiger partial charge in [-0.15, -0.1) is 0 Å². The van der Waals surface area contributed by atoms with Crippen molar-refractivity contribution in [1.29, 1.82) is 5.26 Å². The Bertz CT molecular complexity index is 3180. The monoisotopic (exact) mass is 960 g/mol. The summed E-state index contributed by atoms with van der Waals surface area (Å²) in [5.41, 5.74) is 5.38. The predicted octanol–water partition coefficient (Wildman–Crippen LogP) is 8.00. The highest BCUT2D eigenvalue weighted by molar-refractivity contribution is 6.36. The number of methoxy groups -OCH3 is 2. The van der Waals surface area contributed by atoms with Gasteiger partial charge >= 0.3 is 6.01 Å².